The number of aryl methyl sites for hydroxylation is 1. The summed E-state index contributed by atoms with van der Waals surface area (Å²) in [5, 5.41) is 1.91. The molecule has 0 saturated carbocycles. The molecule has 0 radical (unpaired) electrons. The smallest absolute Gasteiger partial charge is 0.336 e. The van der Waals surface area contributed by atoms with Gasteiger partial charge in [0.05, 0.1) is 6.61 Å². The fraction of sp³-hybridized carbons (Fsp3) is 0.316. The van der Waals surface area contributed by atoms with E-state index in [4.69, 9.17) is 26.4 Å². The zero-order valence-corrected chi connectivity index (χ0v) is 31.1. The summed E-state index contributed by atoms with van der Waals surface area (Å²) < 4.78 is 34.1. The maximum atomic E-state index is 12.8. The van der Waals surface area contributed by atoms with Crippen LogP contribution in [0.1, 0.15) is 66.4 Å². The summed E-state index contributed by atoms with van der Waals surface area (Å²) in [5.74, 6) is 1.19. The van der Waals surface area contributed by atoms with Crippen molar-refractivity contribution in [2.24, 2.45) is 0 Å². The number of rotatable bonds is 15. The molecule has 5 rings (SSSR count). The standard InChI is InChI=1S/C38H39O8.Tl/c1-27-26-31(44-38(41)29-13-17-30(18-14-29)42-24-8-3-2-7-23-39)19-21-34(27)45-36(40)22-16-28-15-20-35(33-11-5-4-10-32(28)33)46-37-12-6-9-25-43-37;/h4-5,10-11,13-22,26,37H,2-3,6-9,12,23-25H2,1H3;/q-1;+1/b22-16+;. The molecule has 0 N–H and O–H groups in total. The van der Waals surface area contributed by atoms with Crippen molar-refractivity contribution in [2.75, 3.05) is 19.8 Å². The van der Waals surface area contributed by atoms with Crippen molar-refractivity contribution in [3.63, 3.8) is 0 Å². The van der Waals surface area contributed by atoms with Crippen LogP contribution in [0.3, 0.4) is 0 Å². The van der Waals surface area contributed by atoms with Gasteiger partial charge in [0, 0.05) is 17.9 Å². The van der Waals surface area contributed by atoms with E-state index < -0.39 is 11.9 Å². The van der Waals surface area contributed by atoms with Gasteiger partial charge in [-0.05, 0) is 66.6 Å². The molecule has 8 nitrogen and oxygen atoms in total. The van der Waals surface area contributed by atoms with Crippen LogP contribution in [0.25, 0.3) is 16.8 Å². The Bertz CT molecular complexity index is 1660. The van der Waals surface area contributed by atoms with Gasteiger partial charge in [0.15, 0.2) is 6.29 Å². The van der Waals surface area contributed by atoms with Crippen LogP contribution in [0.2, 0.25) is 0 Å². The Morgan fingerprint density at radius 1 is 0.830 bits per heavy atom. The Balaban J connectivity index is 1.13. The van der Waals surface area contributed by atoms with E-state index in [-0.39, 0.29) is 6.29 Å². The summed E-state index contributed by atoms with van der Waals surface area (Å²) in [6.45, 7) is 3.99. The Hall–Kier alpha value is -3.74. The van der Waals surface area contributed by atoms with Crippen molar-refractivity contribution >= 4 is 55.0 Å². The topological polar surface area (TPSA) is 89.5 Å². The quantitative estimate of drug-likeness (QED) is 0.0393. The molecule has 0 spiro atoms. The van der Waals surface area contributed by atoms with E-state index >= 15 is 0 Å². The Labute approximate surface area is 292 Å². The fourth-order valence-corrected chi connectivity index (χ4v) is 5.92. The second-order valence-electron chi connectivity index (χ2n) is 11.3. The van der Waals surface area contributed by atoms with Crippen LogP contribution < -0.4 is 18.9 Å². The third kappa shape index (κ3) is 10.4. The van der Waals surface area contributed by atoms with Gasteiger partial charge in [-0.3, -0.25) is 0 Å². The molecule has 0 amide bonds. The first kappa shape index (κ1) is 34.6. The molecule has 0 aliphatic carbocycles. The molecule has 0 bridgehead atoms. The number of hydrogen-bond acceptors (Lipinski definition) is 8. The average molecular weight is 828 g/mol. The molecule has 1 unspecified atom stereocenters. The van der Waals surface area contributed by atoms with E-state index in [0.717, 1.165) is 73.6 Å². The van der Waals surface area contributed by atoms with Gasteiger partial charge in [-0.2, -0.15) is 0 Å². The Morgan fingerprint density at radius 2 is 1.57 bits per heavy atom. The summed E-state index contributed by atoms with van der Waals surface area (Å²) in [6.07, 6.45) is 10.2. The number of ether oxygens (including phenoxy) is 5. The first-order valence-electron chi connectivity index (χ1n) is 16.1. The molecule has 1 aliphatic heterocycles. The second-order valence-corrected chi connectivity index (χ2v) is 12.6. The molecule has 0 aromatic heterocycles. The van der Waals surface area contributed by atoms with Crippen LogP contribution in [0.15, 0.2) is 84.9 Å². The number of fused-ring (bicyclic) bond motifs is 1. The maximum absolute atomic E-state index is 12.8. The number of esters is 2. The van der Waals surface area contributed by atoms with Crippen molar-refractivity contribution < 1.29 is 36.0 Å². The normalized spacial score (nSPS) is 14.6. The molecule has 1 atom stereocenters. The van der Waals surface area contributed by atoms with E-state index in [9.17, 15) is 9.59 Å². The molecule has 1 fully saturated rings. The van der Waals surface area contributed by atoms with Crippen molar-refractivity contribution in [3.05, 3.63) is 102 Å². The van der Waals surface area contributed by atoms with Crippen LogP contribution in [0, 0.1) is 6.92 Å². The van der Waals surface area contributed by atoms with Gasteiger partial charge in [-0.1, -0.05) is 30.3 Å². The number of unbranched alkanes of at least 4 members (excludes halogenated alkanes) is 3. The molecule has 1 saturated heterocycles. The van der Waals surface area contributed by atoms with Gasteiger partial charge < -0.3 is 18.9 Å². The SMILES string of the molecule is Cc1cc(OC(=O)c2ccc(OCCCCCC[O][Tl])cc2)ccc1OC(=O)/C=C/c1ccc(OC2CCCCO2)c2ccccc12. The third-order valence-electron chi connectivity index (χ3n) is 7.80. The van der Waals surface area contributed by atoms with Crippen LogP contribution in [0.5, 0.6) is 23.0 Å². The van der Waals surface area contributed by atoms with E-state index in [2.05, 4.69) is 0 Å². The molecule has 1 aliphatic rings. The van der Waals surface area contributed by atoms with Gasteiger partial charge >= 0.3 is 120 Å². The Kier molecular flexibility index (Phi) is 13.2. The number of carbonyl (C=O) groups excluding carboxylic acids is 2. The predicted octanol–water partition coefficient (Wildman–Crippen LogP) is 7.93. The molecule has 4 aromatic rings. The molecular formula is C38H39O8Tl. The van der Waals surface area contributed by atoms with Gasteiger partial charge in [-0.25, -0.2) is 9.59 Å². The fourth-order valence-electron chi connectivity index (χ4n) is 5.27. The van der Waals surface area contributed by atoms with Crippen molar-refractivity contribution in [1.29, 1.82) is 0 Å². The monoisotopic (exact) mass is 828 g/mol. The van der Waals surface area contributed by atoms with Gasteiger partial charge in [0.25, 0.3) is 0 Å². The van der Waals surface area contributed by atoms with E-state index in [1.165, 1.54) is 6.08 Å². The van der Waals surface area contributed by atoms with Crippen LogP contribution in [0.4, 0.5) is 0 Å². The van der Waals surface area contributed by atoms with E-state index in [1.807, 2.05) is 36.4 Å². The second kappa shape index (κ2) is 18.0. The predicted molar refractivity (Wildman–Crippen MR) is 181 cm³/mol. The number of benzene rings is 4. The van der Waals surface area contributed by atoms with E-state index in [0.29, 0.717) is 67.8 Å². The Morgan fingerprint density at radius 3 is 2.32 bits per heavy atom. The van der Waals surface area contributed by atoms with Crippen LogP contribution >= 0.6 is 0 Å². The van der Waals surface area contributed by atoms with Gasteiger partial charge in [0.1, 0.15) is 17.2 Å². The first-order valence-corrected chi connectivity index (χ1v) is 17.9. The third-order valence-corrected chi connectivity index (χ3v) is 8.71. The average Bonchev–Trinajstić information content (AvgIpc) is 3.09. The summed E-state index contributed by atoms with van der Waals surface area (Å²) in [4.78, 5) is 25.5. The van der Waals surface area contributed by atoms with Gasteiger partial charge in [-0.15, -0.1) is 0 Å². The van der Waals surface area contributed by atoms with E-state index in [1.54, 1.807) is 55.5 Å². The molecule has 47 heavy (non-hydrogen) atoms. The molecular weight excluding hydrogens is 789 g/mol. The molecule has 4 aromatic carbocycles. The molecule has 1 heterocycles. The minimum Gasteiger partial charge on any atom is -0.464 e. The minimum absolute atomic E-state index is 0.245. The maximum Gasteiger partial charge on any atom is 0.336 e. The van der Waals surface area contributed by atoms with Gasteiger partial charge in [0.2, 0.25) is 0 Å². The van der Waals surface area contributed by atoms with Crippen LogP contribution in [-0.2, 0) is 12.2 Å². The molecule has 9 heteroatoms. The summed E-state index contributed by atoms with van der Waals surface area (Å²) in [6, 6.07) is 23.5. The summed E-state index contributed by atoms with van der Waals surface area (Å²) in [5.41, 5.74) is 1.93. The first-order chi connectivity index (χ1) is 23.0. The van der Waals surface area contributed by atoms with Crippen molar-refractivity contribution in [2.45, 2.75) is 58.2 Å². The van der Waals surface area contributed by atoms with Crippen LogP contribution in [-0.4, -0.2) is 64.3 Å². The van der Waals surface area contributed by atoms with Crippen molar-refractivity contribution in [1.82, 2.24) is 0 Å². The largest absolute Gasteiger partial charge is 0.464 e. The zero-order chi connectivity index (χ0) is 32.8. The number of hydrogen-bond donors (Lipinski definition) is 0. The minimum atomic E-state index is -0.520. The zero-order valence-electron chi connectivity index (χ0n) is 26.7. The number of carbonyl (C=O) groups is 2. The molecule has 242 valence electrons. The summed E-state index contributed by atoms with van der Waals surface area (Å²) in [7, 11) is 0. The summed E-state index contributed by atoms with van der Waals surface area (Å²) >= 11 is 0.611. The van der Waals surface area contributed by atoms with Crippen molar-refractivity contribution in [3.8, 4) is 23.0 Å².